The van der Waals surface area contributed by atoms with E-state index in [1.807, 2.05) is 36.1 Å². The van der Waals surface area contributed by atoms with Crippen LogP contribution < -0.4 is 4.90 Å². The van der Waals surface area contributed by atoms with E-state index in [1.54, 1.807) is 0 Å². The van der Waals surface area contributed by atoms with Crippen LogP contribution >= 0.6 is 0 Å². The molecule has 102 valence electrons. The van der Waals surface area contributed by atoms with Crippen molar-refractivity contribution in [2.45, 2.75) is 13.3 Å². The molecule has 0 fully saturated rings. The van der Waals surface area contributed by atoms with Crippen molar-refractivity contribution in [2.75, 3.05) is 18.0 Å². The van der Waals surface area contributed by atoms with Gasteiger partial charge in [-0.25, -0.2) is 4.98 Å². The topological polar surface area (TPSA) is 83.1 Å². The summed E-state index contributed by atoms with van der Waals surface area (Å²) in [5.74, 6) is 0. The number of fused-ring (bicyclic) bond motifs is 1. The van der Waals surface area contributed by atoms with Gasteiger partial charge in [0.25, 0.3) is 0 Å². The maximum absolute atomic E-state index is 11.2. The Balaban J connectivity index is 2.65. The normalized spacial score (nSPS) is 10.2. The smallest absolute Gasteiger partial charge is 0.311 e. The number of nitrogens with zero attached hydrogens (tertiary/aromatic N) is 4. The third kappa shape index (κ3) is 2.52. The SMILES string of the molecule is CCN(CCC#N)c1c([N+](=O)[O-])cnc2ccccc12. The molecule has 6 heteroatoms. The first-order chi connectivity index (χ1) is 9.69. The first kappa shape index (κ1) is 13.7. The van der Waals surface area contributed by atoms with Crippen LogP contribution in [0.15, 0.2) is 30.5 Å². The number of nitriles is 1. The molecule has 2 rings (SSSR count). The summed E-state index contributed by atoms with van der Waals surface area (Å²) in [5, 5.41) is 20.7. The molecule has 0 atom stereocenters. The van der Waals surface area contributed by atoms with Crippen LogP contribution in [0.1, 0.15) is 13.3 Å². The number of nitro groups is 1. The second kappa shape index (κ2) is 5.97. The monoisotopic (exact) mass is 270 g/mol. The molecule has 1 aromatic heterocycles. The van der Waals surface area contributed by atoms with E-state index in [0.717, 1.165) is 5.39 Å². The van der Waals surface area contributed by atoms with Crippen molar-refractivity contribution in [1.29, 1.82) is 5.26 Å². The Bertz CT molecular complexity index is 678. The zero-order chi connectivity index (χ0) is 14.5. The lowest BCUT2D eigenvalue weighted by molar-refractivity contribution is -0.384. The van der Waals surface area contributed by atoms with Gasteiger partial charge in [0.15, 0.2) is 0 Å². The van der Waals surface area contributed by atoms with E-state index < -0.39 is 4.92 Å². The maximum Gasteiger partial charge on any atom is 0.311 e. The van der Waals surface area contributed by atoms with Crippen molar-refractivity contribution in [1.82, 2.24) is 4.98 Å². The average molecular weight is 270 g/mol. The minimum Gasteiger partial charge on any atom is -0.365 e. The highest BCUT2D eigenvalue weighted by molar-refractivity contribution is 5.96. The number of hydrogen-bond acceptors (Lipinski definition) is 5. The molecule has 1 aromatic carbocycles. The van der Waals surface area contributed by atoms with Crippen LogP contribution in [0.4, 0.5) is 11.4 Å². The number of anilines is 1. The van der Waals surface area contributed by atoms with Crippen molar-refractivity contribution in [3.8, 4) is 6.07 Å². The summed E-state index contributed by atoms with van der Waals surface area (Å²) >= 11 is 0. The highest BCUT2D eigenvalue weighted by Gasteiger charge is 2.22. The fraction of sp³-hybridized carbons (Fsp3) is 0.286. The van der Waals surface area contributed by atoms with Crippen LogP contribution in [0.5, 0.6) is 0 Å². The Kier molecular flexibility index (Phi) is 4.11. The summed E-state index contributed by atoms with van der Waals surface area (Å²) in [4.78, 5) is 16.8. The molecular formula is C14H14N4O2. The van der Waals surface area contributed by atoms with Gasteiger partial charge in [0, 0.05) is 18.5 Å². The van der Waals surface area contributed by atoms with E-state index in [0.29, 0.717) is 30.7 Å². The zero-order valence-corrected chi connectivity index (χ0v) is 11.1. The predicted molar refractivity (Wildman–Crippen MR) is 76.5 cm³/mol. The summed E-state index contributed by atoms with van der Waals surface area (Å²) in [7, 11) is 0. The van der Waals surface area contributed by atoms with Crippen molar-refractivity contribution < 1.29 is 4.92 Å². The van der Waals surface area contributed by atoms with Gasteiger partial charge < -0.3 is 4.90 Å². The van der Waals surface area contributed by atoms with Crippen LogP contribution in [-0.4, -0.2) is 23.0 Å². The molecule has 0 aliphatic carbocycles. The fourth-order valence-corrected chi connectivity index (χ4v) is 2.20. The standard InChI is InChI=1S/C14H14N4O2/c1-2-17(9-5-8-15)14-11-6-3-4-7-12(11)16-10-13(14)18(19)20/h3-4,6-7,10H,2,5,9H2,1H3. The van der Waals surface area contributed by atoms with Gasteiger partial charge in [-0.2, -0.15) is 5.26 Å². The summed E-state index contributed by atoms with van der Waals surface area (Å²) < 4.78 is 0. The Labute approximate surface area is 116 Å². The number of aromatic nitrogens is 1. The van der Waals surface area contributed by atoms with Gasteiger partial charge in [-0.1, -0.05) is 18.2 Å². The lowest BCUT2D eigenvalue weighted by Crippen LogP contribution is -2.25. The second-order valence-electron chi connectivity index (χ2n) is 4.25. The molecule has 0 spiro atoms. The molecule has 1 heterocycles. The van der Waals surface area contributed by atoms with E-state index >= 15 is 0 Å². The number of para-hydroxylation sites is 1. The van der Waals surface area contributed by atoms with Crippen LogP contribution in [0.2, 0.25) is 0 Å². The first-order valence-electron chi connectivity index (χ1n) is 6.33. The van der Waals surface area contributed by atoms with E-state index in [-0.39, 0.29) is 5.69 Å². The molecule has 0 radical (unpaired) electrons. The highest BCUT2D eigenvalue weighted by Crippen LogP contribution is 2.34. The van der Waals surface area contributed by atoms with Gasteiger partial charge in [0.05, 0.1) is 22.9 Å². The van der Waals surface area contributed by atoms with Crippen molar-refractivity contribution in [2.24, 2.45) is 0 Å². The molecule has 0 aliphatic rings. The number of benzene rings is 1. The van der Waals surface area contributed by atoms with Gasteiger partial charge in [0.2, 0.25) is 0 Å². The van der Waals surface area contributed by atoms with Crippen molar-refractivity contribution >= 4 is 22.3 Å². The molecule has 0 saturated heterocycles. The molecule has 20 heavy (non-hydrogen) atoms. The number of hydrogen-bond donors (Lipinski definition) is 0. The molecule has 0 saturated carbocycles. The molecule has 2 aromatic rings. The van der Waals surface area contributed by atoms with Crippen LogP contribution in [0.3, 0.4) is 0 Å². The molecule has 0 aliphatic heterocycles. The lowest BCUT2D eigenvalue weighted by Gasteiger charge is -2.22. The first-order valence-corrected chi connectivity index (χ1v) is 6.33. The lowest BCUT2D eigenvalue weighted by atomic mass is 10.1. The maximum atomic E-state index is 11.2. The summed E-state index contributed by atoms with van der Waals surface area (Å²) in [6, 6.07) is 9.38. The Morgan fingerprint density at radius 1 is 1.45 bits per heavy atom. The van der Waals surface area contributed by atoms with Crippen LogP contribution in [-0.2, 0) is 0 Å². The van der Waals surface area contributed by atoms with Crippen molar-refractivity contribution in [3.63, 3.8) is 0 Å². The molecular weight excluding hydrogens is 256 g/mol. The number of pyridine rings is 1. The molecule has 0 bridgehead atoms. The van der Waals surface area contributed by atoms with E-state index in [1.165, 1.54) is 6.20 Å². The van der Waals surface area contributed by atoms with Gasteiger partial charge >= 0.3 is 5.69 Å². The van der Waals surface area contributed by atoms with Gasteiger partial charge in [-0.05, 0) is 13.0 Å². The molecule has 6 nitrogen and oxygen atoms in total. The quantitative estimate of drug-likeness (QED) is 0.616. The molecule has 0 amide bonds. The summed E-state index contributed by atoms with van der Waals surface area (Å²) in [6.07, 6.45) is 1.61. The van der Waals surface area contributed by atoms with Gasteiger partial charge in [-0.15, -0.1) is 0 Å². The van der Waals surface area contributed by atoms with E-state index in [9.17, 15) is 10.1 Å². The zero-order valence-electron chi connectivity index (χ0n) is 11.1. The third-order valence-corrected chi connectivity index (χ3v) is 3.12. The molecule has 0 N–H and O–H groups in total. The Hall–Kier alpha value is -2.68. The molecule has 0 unspecified atom stereocenters. The fourth-order valence-electron chi connectivity index (χ4n) is 2.20. The highest BCUT2D eigenvalue weighted by atomic mass is 16.6. The average Bonchev–Trinajstić information content (AvgIpc) is 2.47. The van der Waals surface area contributed by atoms with Gasteiger partial charge in [-0.3, -0.25) is 10.1 Å². The Morgan fingerprint density at radius 2 is 2.20 bits per heavy atom. The van der Waals surface area contributed by atoms with Gasteiger partial charge in [0.1, 0.15) is 11.9 Å². The number of rotatable bonds is 5. The van der Waals surface area contributed by atoms with E-state index in [2.05, 4.69) is 11.1 Å². The van der Waals surface area contributed by atoms with Crippen LogP contribution in [0.25, 0.3) is 10.9 Å². The van der Waals surface area contributed by atoms with Crippen molar-refractivity contribution in [3.05, 3.63) is 40.6 Å². The Morgan fingerprint density at radius 3 is 2.85 bits per heavy atom. The summed E-state index contributed by atoms with van der Waals surface area (Å²) in [5.41, 5.74) is 1.23. The van der Waals surface area contributed by atoms with E-state index in [4.69, 9.17) is 5.26 Å². The minimum atomic E-state index is -0.427. The third-order valence-electron chi connectivity index (χ3n) is 3.12. The second-order valence-corrected chi connectivity index (χ2v) is 4.25. The predicted octanol–water partition coefficient (Wildman–Crippen LogP) is 2.88. The summed E-state index contributed by atoms with van der Waals surface area (Å²) in [6.45, 7) is 2.97. The largest absolute Gasteiger partial charge is 0.365 e. The van der Waals surface area contributed by atoms with Crippen LogP contribution in [0, 0.1) is 21.4 Å². The minimum absolute atomic E-state index is 0.0245.